The van der Waals surface area contributed by atoms with Crippen LogP contribution in [0, 0.1) is 5.82 Å². The predicted molar refractivity (Wildman–Crippen MR) is 83.9 cm³/mol. The van der Waals surface area contributed by atoms with E-state index in [-0.39, 0.29) is 5.82 Å². The zero-order valence-electron chi connectivity index (χ0n) is 11.7. The lowest BCUT2D eigenvalue weighted by Crippen LogP contribution is -2.15. The van der Waals surface area contributed by atoms with Gasteiger partial charge in [-0.05, 0) is 29.8 Å². The van der Waals surface area contributed by atoms with Crippen molar-refractivity contribution in [2.75, 3.05) is 20.3 Å². The van der Waals surface area contributed by atoms with Gasteiger partial charge in [-0.25, -0.2) is 4.39 Å². The van der Waals surface area contributed by atoms with Gasteiger partial charge in [0.05, 0.1) is 12.6 Å². The maximum atomic E-state index is 13.4. The quantitative estimate of drug-likeness (QED) is 0.806. The predicted octanol–water partition coefficient (Wildman–Crippen LogP) is 3.66. The summed E-state index contributed by atoms with van der Waals surface area (Å²) in [5.41, 5.74) is 7.77. The van der Waals surface area contributed by atoms with Crippen LogP contribution < -0.4 is 10.5 Å². The average Bonchev–Trinajstić information content (AvgIpc) is 2.50. The lowest BCUT2D eigenvalue weighted by Gasteiger charge is -2.18. The lowest BCUT2D eigenvalue weighted by atomic mass is 9.98. The monoisotopic (exact) mass is 353 g/mol. The highest BCUT2D eigenvalue weighted by molar-refractivity contribution is 9.10. The topological polar surface area (TPSA) is 44.5 Å². The fourth-order valence-electron chi connectivity index (χ4n) is 2.02. The summed E-state index contributed by atoms with van der Waals surface area (Å²) >= 11 is 3.41. The third-order valence-corrected chi connectivity index (χ3v) is 3.81. The SMILES string of the molecule is COCCOc1ccccc1C(N)c1cc(F)ccc1Br. The summed E-state index contributed by atoms with van der Waals surface area (Å²) in [5.74, 6) is 0.361. The number of benzene rings is 2. The Balaban J connectivity index is 2.30. The highest BCUT2D eigenvalue weighted by atomic mass is 79.9. The van der Waals surface area contributed by atoms with Crippen molar-refractivity contribution < 1.29 is 13.9 Å². The normalized spacial score (nSPS) is 12.2. The summed E-state index contributed by atoms with van der Waals surface area (Å²) in [4.78, 5) is 0. The first-order valence-electron chi connectivity index (χ1n) is 6.54. The average molecular weight is 354 g/mol. The first-order chi connectivity index (χ1) is 10.1. The first-order valence-corrected chi connectivity index (χ1v) is 7.34. The van der Waals surface area contributed by atoms with Crippen molar-refractivity contribution in [3.8, 4) is 5.75 Å². The van der Waals surface area contributed by atoms with Crippen LogP contribution in [0.2, 0.25) is 0 Å². The van der Waals surface area contributed by atoms with Crippen molar-refractivity contribution in [3.05, 3.63) is 63.9 Å². The van der Waals surface area contributed by atoms with Crippen molar-refractivity contribution >= 4 is 15.9 Å². The molecule has 2 N–H and O–H groups in total. The Morgan fingerprint density at radius 2 is 1.90 bits per heavy atom. The van der Waals surface area contributed by atoms with Crippen LogP contribution in [0.25, 0.3) is 0 Å². The number of para-hydroxylation sites is 1. The molecule has 2 aromatic carbocycles. The van der Waals surface area contributed by atoms with Gasteiger partial charge in [-0.2, -0.15) is 0 Å². The Hall–Kier alpha value is -1.43. The molecule has 0 spiro atoms. The molecule has 0 saturated heterocycles. The molecule has 3 nitrogen and oxygen atoms in total. The maximum Gasteiger partial charge on any atom is 0.124 e. The Morgan fingerprint density at radius 3 is 2.67 bits per heavy atom. The molecule has 0 aromatic heterocycles. The summed E-state index contributed by atoms with van der Waals surface area (Å²) in [6.07, 6.45) is 0. The van der Waals surface area contributed by atoms with E-state index in [1.165, 1.54) is 12.1 Å². The van der Waals surface area contributed by atoms with Gasteiger partial charge in [-0.1, -0.05) is 34.1 Å². The molecule has 21 heavy (non-hydrogen) atoms. The molecular formula is C16H17BrFNO2. The minimum atomic E-state index is -0.478. The number of ether oxygens (including phenoxy) is 2. The molecule has 1 atom stereocenters. The van der Waals surface area contributed by atoms with Gasteiger partial charge in [0, 0.05) is 17.1 Å². The number of nitrogens with two attached hydrogens (primary N) is 1. The summed E-state index contributed by atoms with van der Waals surface area (Å²) in [7, 11) is 1.62. The van der Waals surface area contributed by atoms with Gasteiger partial charge in [0.15, 0.2) is 0 Å². The van der Waals surface area contributed by atoms with E-state index in [1.807, 2.05) is 24.3 Å². The van der Waals surface area contributed by atoms with Crippen LogP contribution >= 0.6 is 15.9 Å². The molecule has 0 saturated carbocycles. The number of hydrogen-bond donors (Lipinski definition) is 1. The van der Waals surface area contributed by atoms with E-state index in [2.05, 4.69) is 15.9 Å². The maximum absolute atomic E-state index is 13.4. The van der Waals surface area contributed by atoms with Crippen molar-refractivity contribution in [3.63, 3.8) is 0 Å². The molecule has 0 fully saturated rings. The van der Waals surface area contributed by atoms with Gasteiger partial charge < -0.3 is 15.2 Å². The Labute approximate surface area is 132 Å². The van der Waals surface area contributed by atoms with Gasteiger partial charge in [-0.3, -0.25) is 0 Å². The molecule has 0 heterocycles. The van der Waals surface area contributed by atoms with E-state index in [0.29, 0.717) is 24.5 Å². The van der Waals surface area contributed by atoms with Crippen LogP contribution in [0.3, 0.4) is 0 Å². The van der Waals surface area contributed by atoms with Crippen molar-refractivity contribution in [2.45, 2.75) is 6.04 Å². The zero-order valence-corrected chi connectivity index (χ0v) is 13.3. The first kappa shape index (κ1) is 15.9. The second-order valence-corrected chi connectivity index (χ2v) is 5.38. The Bertz CT molecular complexity index is 607. The fraction of sp³-hybridized carbons (Fsp3) is 0.250. The van der Waals surface area contributed by atoms with Crippen LogP contribution in [-0.2, 0) is 4.74 Å². The highest BCUT2D eigenvalue weighted by Crippen LogP contribution is 2.32. The van der Waals surface area contributed by atoms with Gasteiger partial charge in [0.1, 0.15) is 18.2 Å². The molecule has 0 aliphatic rings. The third kappa shape index (κ3) is 4.03. The Kier molecular flexibility index (Phi) is 5.73. The van der Waals surface area contributed by atoms with Crippen molar-refractivity contribution in [1.29, 1.82) is 0 Å². The molecule has 0 aliphatic carbocycles. The van der Waals surface area contributed by atoms with Crippen LogP contribution in [-0.4, -0.2) is 20.3 Å². The van der Waals surface area contributed by atoms with E-state index >= 15 is 0 Å². The van der Waals surface area contributed by atoms with Gasteiger partial charge in [0.2, 0.25) is 0 Å². The molecule has 112 valence electrons. The standard InChI is InChI=1S/C16H17BrFNO2/c1-20-8-9-21-15-5-3-2-4-12(15)16(19)13-10-11(18)6-7-14(13)17/h2-7,10,16H,8-9,19H2,1H3. The summed E-state index contributed by atoms with van der Waals surface area (Å²) < 4.78 is 24.9. The molecule has 5 heteroatoms. The van der Waals surface area contributed by atoms with E-state index in [9.17, 15) is 4.39 Å². The molecule has 0 bridgehead atoms. The number of hydrogen-bond acceptors (Lipinski definition) is 3. The van der Waals surface area contributed by atoms with Crippen molar-refractivity contribution in [1.82, 2.24) is 0 Å². The van der Waals surface area contributed by atoms with Gasteiger partial charge in [-0.15, -0.1) is 0 Å². The molecule has 0 radical (unpaired) electrons. The van der Waals surface area contributed by atoms with Crippen LogP contribution in [0.4, 0.5) is 4.39 Å². The number of halogens is 2. The number of methoxy groups -OCH3 is 1. The van der Waals surface area contributed by atoms with Crippen molar-refractivity contribution in [2.24, 2.45) is 5.73 Å². The largest absolute Gasteiger partial charge is 0.491 e. The number of rotatable bonds is 6. The molecular weight excluding hydrogens is 337 g/mol. The van der Waals surface area contributed by atoms with Crippen LogP contribution in [0.15, 0.2) is 46.9 Å². The molecule has 0 aliphatic heterocycles. The van der Waals surface area contributed by atoms with E-state index in [0.717, 1.165) is 10.0 Å². The second kappa shape index (κ2) is 7.54. The molecule has 2 rings (SSSR count). The Morgan fingerprint density at radius 1 is 1.14 bits per heavy atom. The zero-order chi connectivity index (χ0) is 15.2. The minimum absolute atomic E-state index is 0.318. The van der Waals surface area contributed by atoms with E-state index in [1.54, 1.807) is 13.2 Å². The molecule has 0 amide bonds. The van der Waals surface area contributed by atoms with Gasteiger partial charge in [0.25, 0.3) is 0 Å². The van der Waals surface area contributed by atoms with E-state index < -0.39 is 6.04 Å². The smallest absolute Gasteiger partial charge is 0.124 e. The summed E-state index contributed by atoms with van der Waals surface area (Å²) in [6, 6.07) is 11.5. The molecule has 2 aromatic rings. The molecule has 1 unspecified atom stereocenters. The second-order valence-electron chi connectivity index (χ2n) is 4.52. The third-order valence-electron chi connectivity index (χ3n) is 3.09. The lowest BCUT2D eigenvalue weighted by molar-refractivity contribution is 0.145. The summed E-state index contributed by atoms with van der Waals surface area (Å²) in [6.45, 7) is 0.928. The minimum Gasteiger partial charge on any atom is -0.491 e. The van der Waals surface area contributed by atoms with Crippen LogP contribution in [0.5, 0.6) is 5.75 Å². The highest BCUT2D eigenvalue weighted by Gasteiger charge is 2.17. The summed E-state index contributed by atoms with van der Waals surface area (Å²) in [5, 5.41) is 0. The van der Waals surface area contributed by atoms with Gasteiger partial charge >= 0.3 is 0 Å². The van der Waals surface area contributed by atoms with E-state index in [4.69, 9.17) is 15.2 Å². The van der Waals surface area contributed by atoms with Crippen LogP contribution in [0.1, 0.15) is 17.2 Å². The fourth-order valence-corrected chi connectivity index (χ4v) is 2.52.